The molecule has 1 aromatic rings. The molecule has 5 nitrogen and oxygen atoms in total. The summed E-state index contributed by atoms with van der Waals surface area (Å²) in [7, 11) is 1.65. The van der Waals surface area contributed by atoms with Crippen molar-refractivity contribution in [3.63, 3.8) is 0 Å². The molecule has 1 aromatic carbocycles. The van der Waals surface area contributed by atoms with Crippen LogP contribution in [0.1, 0.15) is 0 Å². The lowest BCUT2D eigenvalue weighted by atomic mass is 10.3. The van der Waals surface area contributed by atoms with Gasteiger partial charge in [-0.2, -0.15) is 11.1 Å². The Morgan fingerprint density at radius 1 is 1.36 bits per heavy atom. The maximum Gasteiger partial charge on any atom is 0.154 e. The highest BCUT2D eigenvalue weighted by Crippen LogP contribution is 2.20. The van der Waals surface area contributed by atoms with Gasteiger partial charge in [0.2, 0.25) is 0 Å². The van der Waals surface area contributed by atoms with Gasteiger partial charge in [-0.05, 0) is 24.3 Å². The normalized spacial score (nSPS) is 21.3. The minimum Gasteiger partial charge on any atom is -0.497 e. The molecule has 1 fully saturated rings. The van der Waals surface area contributed by atoms with E-state index in [1.807, 2.05) is 29.3 Å². The van der Waals surface area contributed by atoms with Crippen LogP contribution in [0.3, 0.4) is 0 Å². The molecule has 0 aliphatic carbocycles. The second-order valence-corrected chi connectivity index (χ2v) is 3.31. The first-order chi connectivity index (χ1) is 6.81. The van der Waals surface area contributed by atoms with Crippen LogP contribution in [0.25, 0.3) is 0 Å². The highest BCUT2D eigenvalue weighted by Gasteiger charge is 2.19. The van der Waals surface area contributed by atoms with Crippen LogP contribution in [-0.2, 0) is 0 Å². The van der Waals surface area contributed by atoms with Crippen molar-refractivity contribution in [3.05, 3.63) is 24.3 Å². The predicted octanol–water partition coefficient (Wildman–Crippen LogP) is 0.242. The zero-order valence-electron chi connectivity index (χ0n) is 7.69. The SMILES string of the molecule is COc1ccc(N2NNN[C@H]2S)cc1. The number of thiol groups is 1. The fourth-order valence-electron chi connectivity index (χ4n) is 1.23. The number of nitrogens with one attached hydrogen (secondary N) is 3. The fraction of sp³-hybridized carbons (Fsp3) is 0.250. The largest absolute Gasteiger partial charge is 0.497 e. The highest BCUT2D eigenvalue weighted by atomic mass is 32.1. The van der Waals surface area contributed by atoms with Gasteiger partial charge in [-0.1, -0.05) is 0 Å². The van der Waals surface area contributed by atoms with E-state index in [2.05, 4.69) is 29.1 Å². The molecule has 1 aliphatic rings. The van der Waals surface area contributed by atoms with E-state index < -0.39 is 0 Å². The third-order valence-corrected chi connectivity index (χ3v) is 2.33. The van der Waals surface area contributed by atoms with Crippen LogP contribution in [0.2, 0.25) is 0 Å². The number of nitrogens with zero attached hydrogens (tertiary/aromatic N) is 1. The Kier molecular flexibility index (Phi) is 2.78. The highest BCUT2D eigenvalue weighted by molar-refractivity contribution is 7.81. The van der Waals surface area contributed by atoms with Gasteiger partial charge >= 0.3 is 0 Å². The molecule has 0 bridgehead atoms. The Hall–Kier alpha value is -0.950. The van der Waals surface area contributed by atoms with E-state index in [0.717, 1.165) is 11.4 Å². The second-order valence-electron chi connectivity index (χ2n) is 2.82. The monoisotopic (exact) mass is 212 g/mol. The Morgan fingerprint density at radius 3 is 2.57 bits per heavy atom. The molecule has 1 aliphatic heterocycles. The van der Waals surface area contributed by atoms with E-state index in [1.54, 1.807) is 7.11 Å². The molecule has 76 valence electrons. The number of hydrazine groups is 3. The number of rotatable bonds is 2. The van der Waals surface area contributed by atoms with Gasteiger partial charge in [0.15, 0.2) is 5.50 Å². The summed E-state index contributed by atoms with van der Waals surface area (Å²) in [6.07, 6.45) is 0. The van der Waals surface area contributed by atoms with Gasteiger partial charge in [0.1, 0.15) is 5.75 Å². The van der Waals surface area contributed by atoms with E-state index in [-0.39, 0.29) is 5.50 Å². The lowest BCUT2D eigenvalue weighted by Crippen LogP contribution is -2.38. The zero-order chi connectivity index (χ0) is 9.97. The van der Waals surface area contributed by atoms with E-state index in [0.29, 0.717) is 0 Å². The van der Waals surface area contributed by atoms with Gasteiger partial charge in [-0.15, -0.1) is 12.6 Å². The molecule has 6 heteroatoms. The van der Waals surface area contributed by atoms with Gasteiger partial charge < -0.3 is 4.74 Å². The lowest BCUT2D eigenvalue weighted by Gasteiger charge is -2.20. The minimum atomic E-state index is -0.0941. The summed E-state index contributed by atoms with van der Waals surface area (Å²) in [6.45, 7) is 0. The third kappa shape index (κ3) is 1.78. The second kappa shape index (κ2) is 4.05. The van der Waals surface area contributed by atoms with E-state index in [4.69, 9.17) is 4.74 Å². The van der Waals surface area contributed by atoms with Crippen molar-refractivity contribution in [3.8, 4) is 5.75 Å². The van der Waals surface area contributed by atoms with E-state index >= 15 is 0 Å². The number of ether oxygens (including phenoxy) is 1. The van der Waals surface area contributed by atoms with Gasteiger partial charge in [-0.25, -0.2) is 5.43 Å². The number of hydrogen-bond donors (Lipinski definition) is 4. The van der Waals surface area contributed by atoms with Crippen molar-refractivity contribution < 1.29 is 4.74 Å². The average molecular weight is 212 g/mol. The fourth-order valence-corrected chi connectivity index (χ4v) is 1.49. The topological polar surface area (TPSA) is 48.6 Å². The molecule has 2 rings (SSSR count). The first-order valence-corrected chi connectivity index (χ1v) is 4.70. The number of methoxy groups -OCH3 is 1. The van der Waals surface area contributed by atoms with Crippen LogP contribution in [-0.4, -0.2) is 12.6 Å². The molecule has 1 atom stereocenters. The molecule has 0 radical (unpaired) electrons. The maximum atomic E-state index is 5.07. The molecule has 0 aromatic heterocycles. The molecule has 0 amide bonds. The molecule has 1 heterocycles. The molecule has 3 N–H and O–H groups in total. The van der Waals surface area contributed by atoms with Crippen molar-refractivity contribution in [2.24, 2.45) is 0 Å². The number of anilines is 1. The van der Waals surface area contributed by atoms with Crippen LogP contribution >= 0.6 is 12.6 Å². The van der Waals surface area contributed by atoms with Gasteiger partial charge in [0.05, 0.1) is 12.8 Å². The third-order valence-electron chi connectivity index (χ3n) is 1.97. The summed E-state index contributed by atoms with van der Waals surface area (Å²) >= 11 is 4.31. The van der Waals surface area contributed by atoms with Crippen molar-refractivity contribution in [1.82, 2.24) is 16.5 Å². The van der Waals surface area contributed by atoms with Gasteiger partial charge in [0.25, 0.3) is 0 Å². The van der Waals surface area contributed by atoms with Crippen molar-refractivity contribution in [2.75, 3.05) is 12.1 Å². The zero-order valence-corrected chi connectivity index (χ0v) is 8.58. The first-order valence-electron chi connectivity index (χ1n) is 4.19. The Bertz CT molecular complexity index is 305. The van der Waals surface area contributed by atoms with Crippen molar-refractivity contribution in [1.29, 1.82) is 0 Å². The predicted molar refractivity (Wildman–Crippen MR) is 57.7 cm³/mol. The van der Waals surface area contributed by atoms with E-state index in [9.17, 15) is 0 Å². The smallest absolute Gasteiger partial charge is 0.154 e. The molecule has 1 saturated heterocycles. The standard InChI is InChI=1S/C8H12N4OS/c1-13-7-4-2-6(3-5-7)12-8(14)9-10-11-12/h2-5,8-11,14H,1H3/t8-/m1/s1. The summed E-state index contributed by atoms with van der Waals surface area (Å²) in [5.74, 6) is 0.838. The molecule has 14 heavy (non-hydrogen) atoms. The minimum absolute atomic E-state index is 0.0941. The molecule has 0 spiro atoms. The molecular weight excluding hydrogens is 200 g/mol. The number of benzene rings is 1. The average Bonchev–Trinajstić information content (AvgIpc) is 2.65. The maximum absolute atomic E-state index is 5.07. The molecule has 0 unspecified atom stereocenters. The summed E-state index contributed by atoms with van der Waals surface area (Å²) in [5, 5.41) is 1.85. The first kappa shape index (κ1) is 9.60. The van der Waals surface area contributed by atoms with Gasteiger partial charge in [-0.3, -0.25) is 5.01 Å². The Labute approximate surface area is 87.7 Å². The summed E-state index contributed by atoms with van der Waals surface area (Å²) in [6, 6.07) is 7.69. The van der Waals surface area contributed by atoms with Crippen molar-refractivity contribution in [2.45, 2.75) is 5.50 Å². The van der Waals surface area contributed by atoms with Gasteiger partial charge in [0, 0.05) is 0 Å². The Morgan fingerprint density at radius 2 is 2.07 bits per heavy atom. The Balaban J connectivity index is 2.16. The summed E-state index contributed by atoms with van der Waals surface area (Å²) in [4.78, 5) is 0. The van der Waals surface area contributed by atoms with E-state index in [1.165, 1.54) is 0 Å². The summed E-state index contributed by atoms with van der Waals surface area (Å²) < 4.78 is 5.07. The molecule has 0 saturated carbocycles. The van der Waals surface area contributed by atoms with Crippen LogP contribution in [0.5, 0.6) is 5.75 Å². The molecular formula is C8H12N4OS. The van der Waals surface area contributed by atoms with Crippen LogP contribution in [0, 0.1) is 0 Å². The lowest BCUT2D eigenvalue weighted by molar-refractivity contribution is 0.415. The van der Waals surface area contributed by atoms with Crippen LogP contribution in [0.4, 0.5) is 5.69 Å². The van der Waals surface area contributed by atoms with Crippen LogP contribution < -0.4 is 26.2 Å². The van der Waals surface area contributed by atoms with Crippen LogP contribution in [0.15, 0.2) is 24.3 Å². The van der Waals surface area contributed by atoms with Crippen molar-refractivity contribution >= 4 is 18.3 Å². The number of hydrogen-bond acceptors (Lipinski definition) is 6. The summed E-state index contributed by atoms with van der Waals surface area (Å²) in [5.41, 5.74) is 9.49. The quantitative estimate of drug-likeness (QED) is 0.529.